The second-order valence-corrected chi connectivity index (χ2v) is 4.48. The Morgan fingerprint density at radius 3 is 2.42 bits per heavy atom. The van der Waals surface area contributed by atoms with Gasteiger partial charge in [-0.1, -0.05) is 29.8 Å². The molecule has 3 heteroatoms. The first-order chi connectivity index (χ1) is 9.29. The Morgan fingerprint density at radius 1 is 1.11 bits per heavy atom. The number of rotatable bonds is 5. The van der Waals surface area contributed by atoms with Crippen LogP contribution in [0.25, 0.3) is 5.76 Å². The number of para-hydroxylation sites is 1. The van der Waals surface area contributed by atoms with Gasteiger partial charge in [-0.25, -0.2) is 0 Å². The maximum atomic E-state index is 5.92. The standard InChI is InChI=1S/C16H16ClNO/c1-18-12-11-16(13-7-9-14(17)10-8-13)19-15-5-3-2-4-6-15/h2-11,18H,12H2,1H3. The molecule has 2 rings (SSSR count). The van der Waals surface area contributed by atoms with Gasteiger partial charge in [0.05, 0.1) is 0 Å². The quantitative estimate of drug-likeness (QED) is 0.832. The molecule has 2 nitrogen and oxygen atoms in total. The molecule has 0 saturated carbocycles. The van der Waals surface area contributed by atoms with E-state index in [-0.39, 0.29) is 0 Å². The van der Waals surface area contributed by atoms with Crippen molar-refractivity contribution < 1.29 is 4.74 Å². The second-order valence-electron chi connectivity index (χ2n) is 4.05. The van der Waals surface area contributed by atoms with Crippen molar-refractivity contribution >= 4 is 17.4 Å². The first-order valence-corrected chi connectivity index (χ1v) is 6.51. The lowest BCUT2D eigenvalue weighted by molar-refractivity contribution is 0.513. The molecule has 0 aliphatic rings. The summed E-state index contributed by atoms with van der Waals surface area (Å²) in [6.45, 7) is 0.741. The van der Waals surface area contributed by atoms with E-state index < -0.39 is 0 Å². The van der Waals surface area contributed by atoms with Gasteiger partial charge in [0.15, 0.2) is 0 Å². The summed E-state index contributed by atoms with van der Waals surface area (Å²) in [6, 6.07) is 17.4. The van der Waals surface area contributed by atoms with E-state index in [9.17, 15) is 0 Å². The van der Waals surface area contributed by atoms with Crippen LogP contribution in [0.2, 0.25) is 5.02 Å². The molecular weight excluding hydrogens is 258 g/mol. The fourth-order valence-electron chi connectivity index (χ4n) is 1.64. The van der Waals surface area contributed by atoms with Crippen molar-refractivity contribution in [3.8, 4) is 5.75 Å². The summed E-state index contributed by atoms with van der Waals surface area (Å²) in [7, 11) is 1.90. The van der Waals surface area contributed by atoms with Gasteiger partial charge in [-0.3, -0.25) is 0 Å². The van der Waals surface area contributed by atoms with Gasteiger partial charge in [-0.15, -0.1) is 0 Å². The van der Waals surface area contributed by atoms with Gasteiger partial charge in [-0.05, 0) is 49.5 Å². The number of benzene rings is 2. The van der Waals surface area contributed by atoms with Crippen molar-refractivity contribution in [1.82, 2.24) is 5.32 Å². The summed E-state index contributed by atoms with van der Waals surface area (Å²) in [5.41, 5.74) is 1.00. The fraction of sp³-hybridized carbons (Fsp3) is 0.125. The van der Waals surface area contributed by atoms with Crippen LogP contribution in [0, 0.1) is 0 Å². The molecule has 0 spiro atoms. The molecule has 0 aliphatic heterocycles. The van der Waals surface area contributed by atoms with Gasteiger partial charge in [0.1, 0.15) is 11.5 Å². The van der Waals surface area contributed by atoms with Crippen LogP contribution in [-0.2, 0) is 0 Å². The Balaban J connectivity index is 2.24. The van der Waals surface area contributed by atoms with Crippen LogP contribution < -0.4 is 10.1 Å². The van der Waals surface area contributed by atoms with E-state index in [1.165, 1.54) is 0 Å². The van der Waals surface area contributed by atoms with Gasteiger partial charge < -0.3 is 10.1 Å². The SMILES string of the molecule is CNCC=C(Oc1ccccc1)c1ccc(Cl)cc1. The van der Waals surface area contributed by atoms with E-state index in [2.05, 4.69) is 5.32 Å². The van der Waals surface area contributed by atoms with Crippen LogP contribution in [0.15, 0.2) is 60.7 Å². The highest BCUT2D eigenvalue weighted by Gasteiger charge is 2.04. The first-order valence-electron chi connectivity index (χ1n) is 6.13. The number of hydrogen-bond acceptors (Lipinski definition) is 2. The molecule has 1 N–H and O–H groups in total. The number of halogens is 1. The van der Waals surface area contributed by atoms with E-state index in [0.29, 0.717) is 0 Å². The molecule has 0 aromatic heterocycles. The Labute approximate surface area is 118 Å². The maximum absolute atomic E-state index is 5.92. The van der Waals surface area contributed by atoms with E-state index in [1.807, 2.05) is 67.7 Å². The summed E-state index contributed by atoms with van der Waals surface area (Å²) in [5, 5.41) is 3.80. The smallest absolute Gasteiger partial charge is 0.131 e. The number of likely N-dealkylation sites (N-methyl/N-ethyl adjacent to an activating group) is 1. The van der Waals surface area contributed by atoms with E-state index in [1.54, 1.807) is 0 Å². The molecule has 19 heavy (non-hydrogen) atoms. The minimum Gasteiger partial charge on any atom is -0.457 e. The van der Waals surface area contributed by atoms with Gasteiger partial charge >= 0.3 is 0 Å². The molecular formula is C16H16ClNO. The highest BCUT2D eigenvalue weighted by molar-refractivity contribution is 6.30. The highest BCUT2D eigenvalue weighted by atomic mass is 35.5. The third-order valence-corrected chi connectivity index (χ3v) is 2.84. The zero-order valence-corrected chi connectivity index (χ0v) is 11.5. The predicted octanol–water partition coefficient (Wildman–Crippen LogP) is 3.98. The van der Waals surface area contributed by atoms with E-state index in [4.69, 9.17) is 16.3 Å². The van der Waals surface area contributed by atoms with Crippen molar-refractivity contribution in [2.45, 2.75) is 0 Å². The van der Waals surface area contributed by atoms with Crippen LogP contribution in [-0.4, -0.2) is 13.6 Å². The number of nitrogens with one attached hydrogen (secondary N) is 1. The summed E-state index contributed by atoms with van der Waals surface area (Å²) in [4.78, 5) is 0. The number of hydrogen-bond donors (Lipinski definition) is 1. The van der Waals surface area contributed by atoms with Crippen LogP contribution in [0.3, 0.4) is 0 Å². The largest absolute Gasteiger partial charge is 0.457 e. The predicted molar refractivity (Wildman–Crippen MR) is 80.4 cm³/mol. The topological polar surface area (TPSA) is 21.3 Å². The average molecular weight is 274 g/mol. The molecule has 98 valence electrons. The molecule has 2 aromatic rings. The molecule has 0 bridgehead atoms. The first kappa shape index (κ1) is 13.7. The number of ether oxygens (including phenoxy) is 1. The minimum atomic E-state index is 0.719. The Morgan fingerprint density at radius 2 is 1.79 bits per heavy atom. The maximum Gasteiger partial charge on any atom is 0.131 e. The molecule has 0 saturated heterocycles. The molecule has 0 unspecified atom stereocenters. The zero-order valence-electron chi connectivity index (χ0n) is 10.8. The zero-order chi connectivity index (χ0) is 13.5. The summed E-state index contributed by atoms with van der Waals surface area (Å²) in [6.07, 6.45) is 2.01. The molecule has 0 amide bonds. The van der Waals surface area contributed by atoms with Crippen LogP contribution in [0.5, 0.6) is 5.75 Å². The molecule has 0 radical (unpaired) electrons. The summed E-state index contributed by atoms with van der Waals surface area (Å²) < 4.78 is 5.92. The van der Waals surface area contributed by atoms with Crippen LogP contribution in [0.1, 0.15) is 5.56 Å². The fourth-order valence-corrected chi connectivity index (χ4v) is 1.77. The molecule has 0 aliphatic carbocycles. The highest BCUT2D eigenvalue weighted by Crippen LogP contribution is 2.22. The molecule has 0 heterocycles. The summed E-state index contributed by atoms with van der Waals surface area (Å²) in [5.74, 6) is 1.64. The van der Waals surface area contributed by atoms with Crippen LogP contribution >= 0.6 is 11.6 Å². The molecule has 0 atom stereocenters. The van der Waals surface area contributed by atoms with Gasteiger partial charge in [0.2, 0.25) is 0 Å². The second kappa shape index (κ2) is 6.98. The van der Waals surface area contributed by atoms with E-state index >= 15 is 0 Å². The average Bonchev–Trinajstić information content (AvgIpc) is 2.45. The van der Waals surface area contributed by atoms with E-state index in [0.717, 1.165) is 28.6 Å². The van der Waals surface area contributed by atoms with Crippen molar-refractivity contribution in [3.63, 3.8) is 0 Å². The van der Waals surface area contributed by atoms with Crippen molar-refractivity contribution in [1.29, 1.82) is 0 Å². The van der Waals surface area contributed by atoms with Crippen molar-refractivity contribution in [3.05, 3.63) is 71.3 Å². The van der Waals surface area contributed by atoms with Crippen molar-refractivity contribution in [2.24, 2.45) is 0 Å². The monoisotopic (exact) mass is 273 g/mol. The van der Waals surface area contributed by atoms with Crippen molar-refractivity contribution in [2.75, 3.05) is 13.6 Å². The lowest BCUT2D eigenvalue weighted by atomic mass is 10.2. The molecule has 2 aromatic carbocycles. The third-order valence-electron chi connectivity index (χ3n) is 2.59. The normalized spacial score (nSPS) is 11.4. The lowest BCUT2D eigenvalue weighted by Gasteiger charge is -2.11. The third kappa shape index (κ3) is 4.12. The lowest BCUT2D eigenvalue weighted by Crippen LogP contribution is -2.07. The molecule has 0 fully saturated rings. The van der Waals surface area contributed by atoms with Gasteiger partial charge in [0.25, 0.3) is 0 Å². The van der Waals surface area contributed by atoms with Gasteiger partial charge in [0, 0.05) is 17.1 Å². The Kier molecular flexibility index (Phi) is 5.01. The van der Waals surface area contributed by atoms with Gasteiger partial charge in [-0.2, -0.15) is 0 Å². The minimum absolute atomic E-state index is 0.719. The Hall–Kier alpha value is -1.77. The van der Waals surface area contributed by atoms with Crippen LogP contribution in [0.4, 0.5) is 0 Å². The summed E-state index contributed by atoms with van der Waals surface area (Å²) >= 11 is 5.91. The Bertz CT molecular complexity index is 534.